The lowest BCUT2D eigenvalue weighted by Crippen LogP contribution is -2.64. The summed E-state index contributed by atoms with van der Waals surface area (Å²) in [5.74, 6) is 0.956. The van der Waals surface area contributed by atoms with Gasteiger partial charge in [0.05, 0.1) is 0 Å². The second-order valence-corrected chi connectivity index (χ2v) is 7.42. The van der Waals surface area contributed by atoms with E-state index >= 15 is 0 Å². The molecule has 4 heteroatoms. The molecule has 0 aromatic carbocycles. The maximum Gasteiger partial charge on any atom is 0.239 e. The molecule has 0 aliphatic heterocycles. The molecule has 0 aromatic rings. The van der Waals surface area contributed by atoms with Crippen molar-refractivity contribution in [1.29, 1.82) is 0 Å². The highest BCUT2D eigenvalue weighted by atomic mass is 16.1. The van der Waals surface area contributed by atoms with Crippen molar-refractivity contribution in [2.24, 2.45) is 17.6 Å². The Kier molecular flexibility index (Phi) is 4.75. The first-order valence-electron chi connectivity index (χ1n) is 8.13. The minimum absolute atomic E-state index is 0.157. The third-order valence-corrected chi connectivity index (χ3v) is 4.82. The van der Waals surface area contributed by atoms with Gasteiger partial charge < -0.3 is 10.6 Å². The van der Waals surface area contributed by atoms with Crippen LogP contribution in [0.2, 0.25) is 0 Å². The molecule has 0 aromatic heterocycles. The van der Waals surface area contributed by atoms with Crippen LogP contribution in [0.1, 0.15) is 52.9 Å². The predicted molar refractivity (Wildman–Crippen MR) is 82.4 cm³/mol. The molecule has 0 spiro atoms. The van der Waals surface area contributed by atoms with Crippen LogP contribution in [0.15, 0.2) is 0 Å². The molecule has 2 aliphatic rings. The van der Waals surface area contributed by atoms with Crippen molar-refractivity contribution in [3.63, 3.8) is 0 Å². The first kappa shape index (κ1) is 15.8. The van der Waals surface area contributed by atoms with Gasteiger partial charge in [-0.2, -0.15) is 0 Å². The van der Waals surface area contributed by atoms with Crippen LogP contribution in [-0.4, -0.2) is 42.0 Å². The van der Waals surface area contributed by atoms with Crippen LogP contribution in [0.25, 0.3) is 0 Å². The molecule has 116 valence electrons. The zero-order valence-corrected chi connectivity index (χ0v) is 13.5. The topological polar surface area (TPSA) is 58.4 Å². The Hall–Kier alpha value is -0.610. The monoisotopic (exact) mass is 281 g/mol. The first-order chi connectivity index (χ1) is 9.35. The molecule has 2 fully saturated rings. The molecule has 3 N–H and O–H groups in total. The normalized spacial score (nSPS) is 23.9. The Morgan fingerprint density at radius 2 is 1.90 bits per heavy atom. The summed E-state index contributed by atoms with van der Waals surface area (Å²) in [5, 5.41) is 3.59. The van der Waals surface area contributed by atoms with E-state index in [0.717, 1.165) is 25.8 Å². The summed E-state index contributed by atoms with van der Waals surface area (Å²) in [7, 11) is 2.13. The van der Waals surface area contributed by atoms with Gasteiger partial charge in [-0.05, 0) is 57.9 Å². The van der Waals surface area contributed by atoms with E-state index in [0.29, 0.717) is 23.9 Å². The number of nitrogens with one attached hydrogen (secondary N) is 1. The van der Waals surface area contributed by atoms with Gasteiger partial charge in [-0.3, -0.25) is 10.1 Å². The van der Waals surface area contributed by atoms with E-state index in [1.165, 1.54) is 12.8 Å². The van der Waals surface area contributed by atoms with Crippen molar-refractivity contribution in [1.82, 2.24) is 10.2 Å². The molecule has 2 rings (SSSR count). The van der Waals surface area contributed by atoms with Crippen molar-refractivity contribution in [3.05, 3.63) is 0 Å². The van der Waals surface area contributed by atoms with E-state index in [4.69, 9.17) is 5.73 Å². The summed E-state index contributed by atoms with van der Waals surface area (Å²) in [4.78, 5) is 14.5. The van der Waals surface area contributed by atoms with Crippen molar-refractivity contribution >= 4 is 5.91 Å². The largest absolute Gasteiger partial charge is 0.368 e. The van der Waals surface area contributed by atoms with Gasteiger partial charge in [-0.1, -0.05) is 13.8 Å². The summed E-state index contributed by atoms with van der Waals surface area (Å²) in [5.41, 5.74) is 5.31. The summed E-state index contributed by atoms with van der Waals surface area (Å²) in [6.07, 6.45) is 5.80. The number of hydrogen-bond acceptors (Lipinski definition) is 3. The van der Waals surface area contributed by atoms with Gasteiger partial charge in [0.1, 0.15) is 5.54 Å². The Bertz CT molecular complexity index is 350. The number of carbonyl (C=O) groups is 1. The smallest absolute Gasteiger partial charge is 0.239 e. The van der Waals surface area contributed by atoms with Crippen LogP contribution in [0.4, 0.5) is 0 Å². The molecule has 0 radical (unpaired) electrons. The van der Waals surface area contributed by atoms with Crippen LogP contribution >= 0.6 is 0 Å². The molecule has 2 atom stereocenters. The second-order valence-electron chi connectivity index (χ2n) is 7.42. The maximum atomic E-state index is 12.2. The van der Waals surface area contributed by atoms with Crippen LogP contribution < -0.4 is 11.1 Å². The molecule has 2 unspecified atom stereocenters. The van der Waals surface area contributed by atoms with Gasteiger partial charge in [0, 0.05) is 18.6 Å². The SMILES string of the molecule is CC(C)CC(C)N(C)CC(NC1CC1)(C(N)=O)C1CC1. The Labute approximate surface area is 123 Å². The van der Waals surface area contributed by atoms with E-state index in [-0.39, 0.29) is 5.91 Å². The predicted octanol–water partition coefficient (Wildman–Crippen LogP) is 1.74. The Morgan fingerprint density at radius 1 is 1.30 bits per heavy atom. The van der Waals surface area contributed by atoms with E-state index in [1.807, 2.05) is 0 Å². The fourth-order valence-electron chi connectivity index (χ4n) is 3.22. The highest BCUT2D eigenvalue weighted by molar-refractivity contribution is 5.86. The molecule has 2 saturated carbocycles. The molecule has 20 heavy (non-hydrogen) atoms. The summed E-state index contributed by atoms with van der Waals surface area (Å²) in [6, 6.07) is 0.991. The van der Waals surface area contributed by atoms with Crippen LogP contribution in [-0.2, 0) is 4.79 Å². The highest BCUT2D eigenvalue weighted by Gasteiger charge is 2.52. The molecule has 1 amide bonds. The number of nitrogens with two attached hydrogens (primary N) is 1. The lowest BCUT2D eigenvalue weighted by molar-refractivity contribution is -0.126. The Balaban J connectivity index is 2.04. The number of amides is 1. The van der Waals surface area contributed by atoms with Gasteiger partial charge >= 0.3 is 0 Å². The van der Waals surface area contributed by atoms with Gasteiger partial charge in [0.2, 0.25) is 5.91 Å². The Morgan fingerprint density at radius 3 is 2.30 bits per heavy atom. The number of primary amides is 1. The molecular formula is C16H31N3O. The lowest BCUT2D eigenvalue weighted by atomic mass is 9.90. The van der Waals surface area contributed by atoms with Gasteiger partial charge in [-0.25, -0.2) is 0 Å². The quantitative estimate of drug-likeness (QED) is 0.677. The van der Waals surface area contributed by atoms with E-state index in [1.54, 1.807) is 0 Å². The average molecular weight is 281 g/mol. The van der Waals surface area contributed by atoms with Gasteiger partial charge in [0.15, 0.2) is 0 Å². The van der Waals surface area contributed by atoms with E-state index in [9.17, 15) is 4.79 Å². The number of carbonyl (C=O) groups excluding carboxylic acids is 1. The fraction of sp³-hybridized carbons (Fsp3) is 0.938. The second kappa shape index (κ2) is 6.02. The zero-order valence-electron chi connectivity index (χ0n) is 13.5. The zero-order chi connectivity index (χ0) is 14.9. The summed E-state index contributed by atoms with van der Waals surface area (Å²) >= 11 is 0. The van der Waals surface area contributed by atoms with E-state index < -0.39 is 5.54 Å². The maximum absolute atomic E-state index is 12.2. The van der Waals surface area contributed by atoms with Crippen LogP contribution in [0.5, 0.6) is 0 Å². The minimum atomic E-state index is -0.499. The van der Waals surface area contributed by atoms with Crippen LogP contribution in [0.3, 0.4) is 0 Å². The average Bonchev–Trinajstić information content (AvgIpc) is 3.20. The first-order valence-corrected chi connectivity index (χ1v) is 8.13. The summed E-state index contributed by atoms with van der Waals surface area (Å²) in [6.45, 7) is 7.48. The number of rotatable bonds is 9. The number of nitrogens with zero attached hydrogens (tertiary/aromatic N) is 1. The third-order valence-electron chi connectivity index (χ3n) is 4.82. The van der Waals surface area contributed by atoms with Crippen molar-refractivity contribution in [3.8, 4) is 0 Å². The lowest BCUT2D eigenvalue weighted by Gasteiger charge is -2.38. The highest BCUT2D eigenvalue weighted by Crippen LogP contribution is 2.42. The molecule has 2 aliphatic carbocycles. The molecule has 0 bridgehead atoms. The standard InChI is InChI=1S/C16H31N3O/c1-11(2)9-12(3)19(4)10-16(15(17)20,13-5-6-13)18-14-7-8-14/h11-14,18H,5-10H2,1-4H3,(H2,17,20). The minimum Gasteiger partial charge on any atom is -0.368 e. The third kappa shape index (κ3) is 3.73. The number of likely N-dealkylation sites (N-methyl/N-ethyl adjacent to an activating group) is 1. The van der Waals surface area contributed by atoms with Crippen molar-refractivity contribution in [2.75, 3.05) is 13.6 Å². The molecular weight excluding hydrogens is 250 g/mol. The summed E-state index contributed by atoms with van der Waals surface area (Å²) < 4.78 is 0. The van der Waals surface area contributed by atoms with E-state index in [2.05, 4.69) is 38.0 Å². The van der Waals surface area contributed by atoms with Crippen LogP contribution in [0, 0.1) is 11.8 Å². The molecule has 0 heterocycles. The molecule has 4 nitrogen and oxygen atoms in total. The molecule has 0 saturated heterocycles. The van der Waals surface area contributed by atoms with Crippen molar-refractivity contribution < 1.29 is 4.79 Å². The van der Waals surface area contributed by atoms with Gasteiger partial charge in [0.25, 0.3) is 0 Å². The van der Waals surface area contributed by atoms with Crippen molar-refractivity contribution in [2.45, 2.75) is 70.5 Å². The van der Waals surface area contributed by atoms with Gasteiger partial charge in [-0.15, -0.1) is 0 Å². The number of hydrogen-bond donors (Lipinski definition) is 2. The fourth-order valence-corrected chi connectivity index (χ4v) is 3.22.